The van der Waals surface area contributed by atoms with Crippen molar-refractivity contribution in [3.63, 3.8) is 0 Å². The van der Waals surface area contributed by atoms with E-state index in [0.717, 1.165) is 0 Å². The standard InChI is InChI=1S/C13H34P2/c1-7-14(8-2,9-3)13-15(10-4,11-5)12-6/h14-15H,7-13H2,1-6H3. The molecule has 0 rings (SSSR count). The molecule has 0 N–H and O–H groups in total. The molecular weight excluding hydrogens is 218 g/mol. The summed E-state index contributed by atoms with van der Waals surface area (Å²) in [7, 11) is -1.71. The van der Waals surface area contributed by atoms with Crippen molar-refractivity contribution in [2.75, 3.05) is 42.9 Å². The van der Waals surface area contributed by atoms with Crippen LogP contribution in [0.4, 0.5) is 0 Å². The fourth-order valence-electron chi connectivity index (χ4n) is 3.05. The van der Waals surface area contributed by atoms with Crippen LogP contribution in [0.2, 0.25) is 0 Å². The Hall–Kier alpha value is 0.860. The van der Waals surface area contributed by atoms with Crippen LogP contribution in [-0.4, -0.2) is 42.9 Å². The summed E-state index contributed by atoms with van der Waals surface area (Å²) in [6.07, 6.45) is 9.14. The summed E-state index contributed by atoms with van der Waals surface area (Å²) >= 11 is 0. The average Bonchev–Trinajstić information content (AvgIpc) is 2.33. The molecule has 0 aliphatic heterocycles. The zero-order valence-electron chi connectivity index (χ0n) is 11.9. The summed E-state index contributed by atoms with van der Waals surface area (Å²) in [5.41, 5.74) is 0. The summed E-state index contributed by atoms with van der Waals surface area (Å²) < 4.78 is 0. The molecule has 0 saturated heterocycles. The monoisotopic (exact) mass is 252 g/mol. The van der Waals surface area contributed by atoms with E-state index in [0.29, 0.717) is 0 Å². The molecule has 0 atom stereocenters. The maximum absolute atomic E-state index is 2.46. The van der Waals surface area contributed by atoms with Crippen molar-refractivity contribution in [3.05, 3.63) is 0 Å². The Kier molecular flexibility index (Phi) is 7.65. The van der Waals surface area contributed by atoms with Crippen LogP contribution in [0.1, 0.15) is 41.5 Å². The SMILES string of the molecule is CC[PH](CC)(CC)C[PH](CC)(CC)CC. The van der Waals surface area contributed by atoms with Crippen molar-refractivity contribution in [1.29, 1.82) is 0 Å². The first-order chi connectivity index (χ1) is 7.07. The Balaban J connectivity index is 4.74. The van der Waals surface area contributed by atoms with Gasteiger partial charge in [-0.3, -0.25) is 0 Å². The number of hydrogen-bond acceptors (Lipinski definition) is 0. The molecule has 96 valence electrons. The zero-order valence-corrected chi connectivity index (χ0v) is 13.9. The van der Waals surface area contributed by atoms with Crippen molar-refractivity contribution in [3.8, 4) is 0 Å². The van der Waals surface area contributed by atoms with Gasteiger partial charge < -0.3 is 0 Å². The van der Waals surface area contributed by atoms with Crippen molar-refractivity contribution in [2.24, 2.45) is 0 Å². The molecule has 0 radical (unpaired) electrons. The van der Waals surface area contributed by atoms with Crippen LogP contribution in [0.25, 0.3) is 0 Å². The van der Waals surface area contributed by atoms with Gasteiger partial charge in [-0.15, -0.1) is 0 Å². The van der Waals surface area contributed by atoms with Crippen molar-refractivity contribution < 1.29 is 0 Å². The number of hydrogen-bond donors (Lipinski definition) is 0. The van der Waals surface area contributed by atoms with E-state index in [9.17, 15) is 0 Å². The normalized spacial score (nSPS) is 15.3. The van der Waals surface area contributed by atoms with E-state index < -0.39 is 14.5 Å². The predicted octanol–water partition coefficient (Wildman–Crippen LogP) is 4.56. The number of rotatable bonds is 8. The fraction of sp³-hybridized carbons (Fsp3) is 1.00. The van der Waals surface area contributed by atoms with Gasteiger partial charge >= 0.3 is 98.9 Å². The third-order valence-electron chi connectivity index (χ3n) is 5.25. The van der Waals surface area contributed by atoms with Gasteiger partial charge in [-0.2, -0.15) is 0 Å². The Morgan fingerprint density at radius 1 is 0.467 bits per heavy atom. The van der Waals surface area contributed by atoms with E-state index in [1.54, 1.807) is 5.90 Å². The van der Waals surface area contributed by atoms with E-state index in [1.165, 1.54) is 37.0 Å². The van der Waals surface area contributed by atoms with Crippen LogP contribution in [0.3, 0.4) is 0 Å². The third-order valence-corrected chi connectivity index (χ3v) is 20.2. The average molecular weight is 252 g/mol. The van der Waals surface area contributed by atoms with Crippen molar-refractivity contribution in [2.45, 2.75) is 41.5 Å². The van der Waals surface area contributed by atoms with E-state index >= 15 is 0 Å². The molecule has 0 bridgehead atoms. The molecule has 15 heavy (non-hydrogen) atoms. The van der Waals surface area contributed by atoms with Crippen molar-refractivity contribution >= 4 is 14.5 Å². The second-order valence-corrected chi connectivity index (χ2v) is 17.0. The van der Waals surface area contributed by atoms with Crippen LogP contribution in [0.15, 0.2) is 0 Å². The minimum absolute atomic E-state index is 0.854. The molecule has 0 unspecified atom stereocenters. The second-order valence-electron chi connectivity index (χ2n) is 5.30. The molecule has 0 aromatic rings. The molecular formula is C13H34P2. The Morgan fingerprint density at radius 3 is 0.800 bits per heavy atom. The van der Waals surface area contributed by atoms with Gasteiger partial charge in [0.25, 0.3) is 0 Å². The zero-order chi connectivity index (χ0) is 11.9. The summed E-state index contributed by atoms with van der Waals surface area (Å²) in [6.45, 7) is 14.7. The Labute approximate surface area is 99.3 Å². The third kappa shape index (κ3) is 3.98. The van der Waals surface area contributed by atoms with E-state index in [-0.39, 0.29) is 0 Å². The van der Waals surface area contributed by atoms with E-state index in [1.807, 2.05) is 0 Å². The summed E-state index contributed by atoms with van der Waals surface area (Å²) in [5, 5.41) is 0. The van der Waals surface area contributed by atoms with E-state index in [2.05, 4.69) is 41.5 Å². The van der Waals surface area contributed by atoms with Crippen LogP contribution in [0.5, 0.6) is 0 Å². The molecule has 0 heterocycles. The molecule has 0 aromatic heterocycles. The van der Waals surface area contributed by atoms with Crippen LogP contribution < -0.4 is 0 Å². The van der Waals surface area contributed by atoms with Gasteiger partial charge in [0.1, 0.15) is 0 Å². The predicted molar refractivity (Wildman–Crippen MR) is 84.7 cm³/mol. The van der Waals surface area contributed by atoms with Gasteiger partial charge in [0.05, 0.1) is 0 Å². The van der Waals surface area contributed by atoms with Crippen LogP contribution in [0, 0.1) is 0 Å². The molecule has 0 fully saturated rings. The Bertz CT molecular complexity index is 123. The fourth-order valence-corrected chi connectivity index (χ4v) is 18.4. The molecule has 0 nitrogen and oxygen atoms in total. The molecule has 0 amide bonds. The summed E-state index contributed by atoms with van der Waals surface area (Å²) in [5.74, 6) is 1.72. The van der Waals surface area contributed by atoms with Crippen LogP contribution >= 0.6 is 14.5 Å². The minimum atomic E-state index is -0.854. The van der Waals surface area contributed by atoms with Gasteiger partial charge in [-0.25, -0.2) is 0 Å². The molecule has 2 heteroatoms. The van der Waals surface area contributed by atoms with Crippen molar-refractivity contribution in [1.82, 2.24) is 0 Å². The molecule has 0 aliphatic carbocycles. The first-order valence-electron chi connectivity index (χ1n) is 7.07. The maximum atomic E-state index is 2.46. The summed E-state index contributed by atoms with van der Waals surface area (Å²) in [4.78, 5) is 0. The first kappa shape index (κ1) is 15.9. The molecule has 0 aliphatic rings. The quantitative estimate of drug-likeness (QED) is 0.555. The molecule has 0 saturated carbocycles. The first-order valence-corrected chi connectivity index (χ1v) is 12.7. The molecule has 0 spiro atoms. The second kappa shape index (κ2) is 7.24. The van der Waals surface area contributed by atoms with Gasteiger partial charge in [0, 0.05) is 0 Å². The van der Waals surface area contributed by atoms with Crippen LogP contribution in [-0.2, 0) is 0 Å². The van der Waals surface area contributed by atoms with Gasteiger partial charge in [0.15, 0.2) is 0 Å². The van der Waals surface area contributed by atoms with Gasteiger partial charge in [-0.05, 0) is 0 Å². The molecule has 0 aromatic carbocycles. The van der Waals surface area contributed by atoms with E-state index in [4.69, 9.17) is 0 Å². The summed E-state index contributed by atoms with van der Waals surface area (Å²) in [6, 6.07) is 0. The Morgan fingerprint density at radius 2 is 0.667 bits per heavy atom. The van der Waals surface area contributed by atoms with Gasteiger partial charge in [-0.1, -0.05) is 0 Å². The topological polar surface area (TPSA) is 0 Å². The van der Waals surface area contributed by atoms with Gasteiger partial charge in [0.2, 0.25) is 0 Å².